The zero-order valence-corrected chi connectivity index (χ0v) is 16.4. The molecule has 1 aromatic heterocycles. The molecule has 0 amide bonds. The normalized spacial score (nSPS) is 36.0. The third kappa shape index (κ3) is 2.72. The number of nitrogens with one attached hydrogen (secondary N) is 1. The van der Waals surface area contributed by atoms with Gasteiger partial charge in [-0.3, -0.25) is 19.2 Å². The minimum absolute atomic E-state index is 0.0588. The van der Waals surface area contributed by atoms with Crippen molar-refractivity contribution in [2.75, 3.05) is 13.1 Å². The molecular weight excluding hydrogens is 403 g/mol. The minimum atomic E-state index is -3.17. The summed E-state index contributed by atoms with van der Waals surface area (Å²) in [6, 6.07) is -1.11. The van der Waals surface area contributed by atoms with Gasteiger partial charge in [0.15, 0.2) is 6.17 Å². The van der Waals surface area contributed by atoms with Gasteiger partial charge in [-0.1, -0.05) is 0 Å². The number of aliphatic hydroxyl groups is 2. The van der Waals surface area contributed by atoms with Crippen molar-refractivity contribution in [2.45, 2.75) is 62.9 Å². The van der Waals surface area contributed by atoms with E-state index in [1.165, 1.54) is 4.57 Å². The number of aromatic nitrogens is 2. The van der Waals surface area contributed by atoms with E-state index in [9.17, 15) is 28.6 Å². The predicted octanol–water partition coefficient (Wildman–Crippen LogP) is -0.233. The van der Waals surface area contributed by atoms with Gasteiger partial charge < -0.3 is 10.2 Å². The van der Waals surface area contributed by atoms with Gasteiger partial charge in [-0.05, 0) is 37.7 Å². The quantitative estimate of drug-likeness (QED) is 0.606. The first-order chi connectivity index (χ1) is 14.1. The number of rotatable bonds is 2. The van der Waals surface area contributed by atoms with Crippen LogP contribution >= 0.6 is 0 Å². The second-order valence-corrected chi connectivity index (χ2v) is 9.12. The molecule has 164 valence electrons. The van der Waals surface area contributed by atoms with Gasteiger partial charge in [0.05, 0.1) is 11.4 Å². The van der Waals surface area contributed by atoms with Crippen LogP contribution in [0.15, 0.2) is 9.59 Å². The summed E-state index contributed by atoms with van der Waals surface area (Å²) in [6.07, 6.45) is -2.42. The number of hydrogen-bond acceptors (Lipinski definition) is 5. The molecule has 1 aliphatic heterocycles. The molecule has 3 N–H and O–H groups in total. The molecule has 30 heavy (non-hydrogen) atoms. The highest BCUT2D eigenvalue weighted by atomic mass is 19.3. The molecule has 10 heteroatoms. The van der Waals surface area contributed by atoms with Crippen LogP contribution in [-0.4, -0.2) is 62.0 Å². The molecule has 2 saturated carbocycles. The maximum Gasteiger partial charge on any atom is 0.329 e. The molecule has 3 fully saturated rings. The summed E-state index contributed by atoms with van der Waals surface area (Å²) < 4.78 is 44.8. The maximum absolute atomic E-state index is 15.4. The Morgan fingerprint density at radius 1 is 1.17 bits per heavy atom. The molecular formula is C20H24F3N3O4. The summed E-state index contributed by atoms with van der Waals surface area (Å²) in [5.74, 6) is -4.80. The Hall–Kier alpha value is -2.07. The van der Waals surface area contributed by atoms with Crippen LogP contribution in [0.25, 0.3) is 11.3 Å². The van der Waals surface area contributed by atoms with E-state index in [4.69, 9.17) is 0 Å². The fourth-order valence-corrected chi connectivity index (χ4v) is 5.62. The first-order valence-electron chi connectivity index (χ1n) is 10.3. The number of hydrogen-bond donors (Lipinski definition) is 3. The van der Waals surface area contributed by atoms with Crippen LogP contribution in [0.4, 0.5) is 13.2 Å². The lowest BCUT2D eigenvalue weighted by atomic mass is 9.77. The number of aromatic amines is 1. The van der Waals surface area contributed by atoms with Crippen molar-refractivity contribution in [1.82, 2.24) is 14.5 Å². The van der Waals surface area contributed by atoms with Crippen LogP contribution in [0.2, 0.25) is 0 Å². The molecule has 0 bridgehead atoms. The Bertz CT molecular complexity index is 1140. The van der Waals surface area contributed by atoms with Gasteiger partial charge in [0.25, 0.3) is 11.5 Å². The smallest absolute Gasteiger partial charge is 0.329 e. The van der Waals surface area contributed by atoms with E-state index in [1.54, 1.807) is 11.8 Å². The highest BCUT2D eigenvalue weighted by Crippen LogP contribution is 2.45. The van der Waals surface area contributed by atoms with Gasteiger partial charge in [0.1, 0.15) is 17.1 Å². The Labute approximate surface area is 169 Å². The lowest BCUT2D eigenvalue weighted by Crippen LogP contribution is -2.61. The number of likely N-dealkylation sites (tertiary alicyclic amines) is 1. The summed E-state index contributed by atoms with van der Waals surface area (Å²) in [6.45, 7) is 1.98. The Morgan fingerprint density at radius 2 is 1.87 bits per heavy atom. The van der Waals surface area contributed by atoms with Crippen LogP contribution < -0.4 is 21.8 Å². The molecule has 5 unspecified atom stereocenters. The lowest BCUT2D eigenvalue weighted by molar-refractivity contribution is -0.161. The van der Waals surface area contributed by atoms with Crippen molar-refractivity contribution in [2.24, 2.45) is 11.8 Å². The molecule has 0 radical (unpaired) electrons. The van der Waals surface area contributed by atoms with E-state index in [1.807, 2.05) is 0 Å². The number of halogens is 3. The maximum atomic E-state index is 15.4. The van der Waals surface area contributed by atoms with E-state index in [2.05, 4.69) is 4.98 Å². The summed E-state index contributed by atoms with van der Waals surface area (Å²) in [5.41, 5.74) is -1.02. The number of aliphatic hydroxyl groups excluding tert-OH is 2. The van der Waals surface area contributed by atoms with Crippen LogP contribution in [0, 0.1) is 11.8 Å². The first-order valence-corrected chi connectivity index (χ1v) is 10.3. The SMILES string of the molecule is CC1=c2c(c(=O)[nH]c(=O)n2C2CC2)=C(O)C(F)C1N1CC2CCC(F)(F)C(O)C2C1. The largest absolute Gasteiger partial charge is 0.508 e. The highest BCUT2D eigenvalue weighted by molar-refractivity contribution is 5.60. The third-order valence-corrected chi connectivity index (χ3v) is 7.27. The molecule has 5 rings (SSSR count). The predicted molar refractivity (Wildman–Crippen MR) is 101 cm³/mol. The zero-order chi connectivity index (χ0) is 21.5. The average molecular weight is 427 g/mol. The van der Waals surface area contributed by atoms with Crippen LogP contribution in [0.1, 0.15) is 38.6 Å². The molecule has 1 saturated heterocycles. The number of alkyl halides is 3. The summed E-state index contributed by atoms with van der Waals surface area (Å²) in [5, 5.41) is 20.7. The fourth-order valence-electron chi connectivity index (χ4n) is 5.62. The molecule has 0 aromatic carbocycles. The molecule has 1 aromatic rings. The molecule has 7 nitrogen and oxygen atoms in total. The molecule has 3 aliphatic carbocycles. The molecule has 0 spiro atoms. The zero-order valence-electron chi connectivity index (χ0n) is 16.4. The minimum Gasteiger partial charge on any atom is -0.508 e. The topological polar surface area (TPSA) is 98.6 Å². The Morgan fingerprint density at radius 3 is 2.53 bits per heavy atom. The standard InChI is InChI=1S/C20H24F3N3O4/c1-8-14-12(18(29)24-19(30)26(14)10-2-3-10)16(27)13(21)15(8)25-6-9-4-5-20(22,23)17(28)11(9)7-25/h9-11,13,15,17,27-28H,2-7H2,1H3,(H,24,29,30). The third-order valence-electron chi connectivity index (χ3n) is 7.27. The van der Waals surface area contributed by atoms with E-state index >= 15 is 4.39 Å². The van der Waals surface area contributed by atoms with E-state index in [0.29, 0.717) is 12.1 Å². The lowest BCUT2D eigenvalue weighted by Gasteiger charge is -2.36. The average Bonchev–Trinajstić information content (AvgIpc) is 3.41. The van der Waals surface area contributed by atoms with Gasteiger partial charge in [-0.15, -0.1) is 0 Å². The van der Waals surface area contributed by atoms with Gasteiger partial charge in [0.2, 0.25) is 0 Å². The van der Waals surface area contributed by atoms with Gasteiger partial charge in [-0.2, -0.15) is 0 Å². The van der Waals surface area contributed by atoms with Crippen molar-refractivity contribution < 1.29 is 23.4 Å². The van der Waals surface area contributed by atoms with Crippen molar-refractivity contribution in [3.8, 4) is 0 Å². The van der Waals surface area contributed by atoms with E-state index < -0.39 is 53.6 Å². The van der Waals surface area contributed by atoms with Crippen LogP contribution in [-0.2, 0) is 0 Å². The number of fused-ring (bicyclic) bond motifs is 2. The second-order valence-electron chi connectivity index (χ2n) is 9.12. The van der Waals surface area contributed by atoms with Crippen LogP contribution in [0.3, 0.4) is 0 Å². The summed E-state index contributed by atoms with van der Waals surface area (Å²) in [7, 11) is 0. The van der Waals surface area contributed by atoms with Gasteiger partial charge in [0, 0.05) is 31.5 Å². The summed E-state index contributed by atoms with van der Waals surface area (Å²) >= 11 is 0. The Balaban J connectivity index is 1.63. The van der Waals surface area contributed by atoms with Gasteiger partial charge in [-0.25, -0.2) is 18.0 Å². The number of H-pyrrole nitrogens is 1. The highest BCUT2D eigenvalue weighted by Gasteiger charge is 2.54. The van der Waals surface area contributed by atoms with E-state index in [-0.39, 0.29) is 35.5 Å². The monoisotopic (exact) mass is 427 g/mol. The van der Waals surface area contributed by atoms with Crippen molar-refractivity contribution in [3.05, 3.63) is 31.4 Å². The number of nitrogens with zero attached hydrogens (tertiary/aromatic N) is 2. The molecule has 2 heterocycles. The van der Waals surface area contributed by atoms with Crippen molar-refractivity contribution in [1.29, 1.82) is 0 Å². The van der Waals surface area contributed by atoms with Crippen LogP contribution in [0.5, 0.6) is 0 Å². The Kier molecular flexibility index (Phi) is 4.28. The van der Waals surface area contributed by atoms with Gasteiger partial charge >= 0.3 is 5.69 Å². The molecule has 4 aliphatic rings. The molecule has 5 atom stereocenters. The first kappa shape index (κ1) is 19.9. The van der Waals surface area contributed by atoms with Crippen molar-refractivity contribution in [3.63, 3.8) is 0 Å². The summed E-state index contributed by atoms with van der Waals surface area (Å²) in [4.78, 5) is 28.7. The van der Waals surface area contributed by atoms with Crippen molar-refractivity contribution >= 4 is 11.3 Å². The van der Waals surface area contributed by atoms with E-state index in [0.717, 1.165) is 12.8 Å². The second kappa shape index (κ2) is 6.46. The fraction of sp³-hybridized carbons (Fsp3) is 0.700.